The lowest BCUT2D eigenvalue weighted by Gasteiger charge is -2.60. The van der Waals surface area contributed by atoms with E-state index >= 15 is 0 Å². The third kappa shape index (κ3) is 9.48. The normalized spacial score (nSPS) is 31.6. The van der Waals surface area contributed by atoms with E-state index in [1.807, 2.05) is 18.7 Å². The Morgan fingerprint density at radius 3 is 1.31 bits per heavy atom. The Labute approximate surface area is 389 Å². The van der Waals surface area contributed by atoms with Crippen molar-refractivity contribution in [2.45, 2.75) is 139 Å². The summed E-state index contributed by atoms with van der Waals surface area (Å²) in [6.45, 7) is 12.0. The van der Waals surface area contributed by atoms with Crippen LogP contribution in [-0.2, 0) is 39.2 Å². The molecule has 2 aromatic carbocycles. The summed E-state index contributed by atoms with van der Waals surface area (Å²) in [7, 11) is -7.90. The average Bonchev–Trinajstić information content (AvgIpc) is 3.20. The molecule has 0 radical (unpaired) electrons. The zero-order chi connectivity index (χ0) is 46.8. The van der Waals surface area contributed by atoms with Crippen molar-refractivity contribution < 1.29 is 41.1 Å². The molecule has 0 saturated heterocycles. The van der Waals surface area contributed by atoms with Crippen LogP contribution < -0.4 is 9.44 Å². The number of Topliss-reactive ketones (excluding diaryl/α,β-unsaturated/α-hetero) is 2. The average molecular weight is 963 g/mol. The fourth-order valence-corrected chi connectivity index (χ4v) is 17.3. The van der Waals surface area contributed by atoms with Crippen LogP contribution >= 0.6 is 23.2 Å². The lowest BCUT2D eigenvalue weighted by Crippen LogP contribution is -2.58. The van der Waals surface area contributed by atoms with Crippen LogP contribution in [0.3, 0.4) is 0 Å². The summed E-state index contributed by atoms with van der Waals surface area (Å²) in [4.78, 5) is 53.9. The molecule has 0 spiro atoms. The molecule has 8 aliphatic carbocycles. The molecular weight excluding hydrogens is 898 g/mol. The predicted octanol–water partition coefficient (Wildman–Crippen LogP) is 8.55. The third-order valence-corrected chi connectivity index (χ3v) is 20.5. The molecule has 0 heterocycles. The van der Waals surface area contributed by atoms with Gasteiger partial charge in [0.25, 0.3) is 0 Å². The number of amides is 1. The van der Waals surface area contributed by atoms with Gasteiger partial charge in [0.15, 0.2) is 11.6 Å². The summed E-state index contributed by atoms with van der Waals surface area (Å²) in [5.41, 5.74) is -3.40. The Bertz CT molecular complexity index is 2350. The number of sulfonamides is 2. The number of rotatable bonds is 16. The molecule has 8 saturated carbocycles. The van der Waals surface area contributed by atoms with Crippen molar-refractivity contribution in [3.05, 3.63) is 58.6 Å². The van der Waals surface area contributed by atoms with Crippen molar-refractivity contribution >= 4 is 66.7 Å². The lowest BCUT2D eigenvalue weighted by atomic mass is 9.45. The number of halogens is 2. The number of aliphatic carboxylic acids is 1. The smallest absolute Gasteiger partial charge is 0.309 e. The highest BCUT2D eigenvalue weighted by Crippen LogP contribution is 2.64. The minimum atomic E-state index is -3.96. The molecule has 1 amide bonds. The molecule has 16 heteroatoms. The fraction of sp³-hybridized carbons (Fsp3) is 0.667. The van der Waals surface area contributed by atoms with Crippen LogP contribution in [0.4, 0.5) is 0 Å². The predicted molar refractivity (Wildman–Crippen MR) is 245 cm³/mol. The van der Waals surface area contributed by atoms with E-state index in [2.05, 4.69) is 9.44 Å². The van der Waals surface area contributed by atoms with Crippen molar-refractivity contribution in [1.29, 1.82) is 0 Å². The highest BCUT2D eigenvalue weighted by atomic mass is 35.5. The molecule has 64 heavy (non-hydrogen) atoms. The molecule has 10 rings (SSSR count). The maximum Gasteiger partial charge on any atom is 0.309 e. The van der Waals surface area contributed by atoms with Crippen LogP contribution in [-0.4, -0.2) is 74.5 Å². The molecular formula is C48H65Cl2N3O9S2. The Morgan fingerprint density at radius 2 is 0.969 bits per heavy atom. The minimum Gasteiger partial charge on any atom is -0.481 e. The van der Waals surface area contributed by atoms with E-state index in [0.29, 0.717) is 48.8 Å². The molecule has 12 nitrogen and oxygen atoms in total. The van der Waals surface area contributed by atoms with Crippen LogP contribution in [0.15, 0.2) is 58.3 Å². The zero-order valence-electron chi connectivity index (χ0n) is 37.9. The van der Waals surface area contributed by atoms with E-state index < -0.39 is 42.5 Å². The van der Waals surface area contributed by atoms with Gasteiger partial charge in [0.1, 0.15) is 9.79 Å². The number of nitrogens with zero attached hydrogens (tertiary/aromatic N) is 1. The van der Waals surface area contributed by atoms with E-state index in [1.165, 1.54) is 24.3 Å². The molecule has 0 aromatic heterocycles. The maximum atomic E-state index is 13.4. The molecule has 0 aliphatic heterocycles. The van der Waals surface area contributed by atoms with Crippen molar-refractivity contribution in [3.63, 3.8) is 0 Å². The number of carboxylic acid groups (broad SMARTS) is 1. The van der Waals surface area contributed by atoms with Crippen molar-refractivity contribution in [2.75, 3.05) is 13.1 Å². The zero-order valence-corrected chi connectivity index (χ0v) is 41.0. The van der Waals surface area contributed by atoms with Crippen molar-refractivity contribution in [1.82, 2.24) is 14.3 Å². The summed E-state index contributed by atoms with van der Waals surface area (Å²) >= 11 is 12.1. The van der Waals surface area contributed by atoms with Gasteiger partial charge in [0.2, 0.25) is 26.0 Å². The van der Waals surface area contributed by atoms with Gasteiger partial charge in [-0.15, -0.1) is 0 Å². The van der Waals surface area contributed by atoms with Gasteiger partial charge < -0.3 is 10.0 Å². The topological polar surface area (TPSA) is 184 Å². The highest BCUT2D eigenvalue weighted by molar-refractivity contribution is 7.90. The van der Waals surface area contributed by atoms with Gasteiger partial charge >= 0.3 is 5.97 Å². The molecule has 4 unspecified atom stereocenters. The van der Waals surface area contributed by atoms with Crippen LogP contribution in [0.1, 0.15) is 119 Å². The van der Waals surface area contributed by atoms with E-state index in [0.717, 1.165) is 64.5 Å². The van der Waals surface area contributed by atoms with Crippen LogP contribution in [0.25, 0.3) is 0 Å². The van der Waals surface area contributed by atoms with Crippen molar-refractivity contribution in [2.24, 2.45) is 58.2 Å². The molecule has 352 valence electrons. The molecule has 3 N–H and O–H groups in total. The number of carbonyl (C=O) groups is 4. The SMILES string of the molecule is CC(C)(NS(=O)(=O)c1ccccc1Cl)C(=O)CC1C2CC3CC1CC(C(=O)O)(C3)C2.CCN(CC)C(=O)C12CC3CC(C1)C(CC(=O)C(C)(C)NS(=O)(=O)c1ccccc1Cl)C(C3)C2. The Balaban J connectivity index is 0.000000193. The quantitative estimate of drug-likeness (QED) is 0.148. The molecule has 8 fully saturated rings. The lowest BCUT2D eigenvalue weighted by molar-refractivity contribution is -0.171. The van der Waals surface area contributed by atoms with Gasteiger partial charge in [0.05, 0.1) is 32.0 Å². The number of hydrogen-bond acceptors (Lipinski definition) is 8. The van der Waals surface area contributed by atoms with Gasteiger partial charge in [0, 0.05) is 25.9 Å². The number of nitrogens with one attached hydrogen (secondary N) is 2. The molecule has 2 aromatic rings. The minimum absolute atomic E-state index is 0.0241. The Hall–Kier alpha value is -2.88. The summed E-state index contributed by atoms with van der Waals surface area (Å²) in [5, 5.41) is 10.0. The third-order valence-electron chi connectivity index (χ3n) is 16.2. The number of carboxylic acids is 1. The van der Waals surface area contributed by atoms with Crippen molar-refractivity contribution in [3.8, 4) is 0 Å². The number of carbonyl (C=O) groups excluding carboxylic acids is 3. The van der Waals surface area contributed by atoms with Gasteiger partial charge in [-0.05, 0) is 177 Å². The van der Waals surface area contributed by atoms with E-state index in [4.69, 9.17) is 23.2 Å². The standard InChI is InChI=1S/C26H37ClN2O4S.C22H28ClNO5S/c1-5-29(6-2)24(31)26-14-17-11-18(15-26)20(19(12-17)16-26)13-23(30)25(3,4)28-34(32,33)22-10-8-7-9-21(22)27;1-21(2,24-30(28,29)18-6-4-3-5-17(18)23)19(25)9-16-14-7-13-8-15(16)12-22(10-13,11-14)20(26)27/h7-10,17-20,28H,5-6,11-16H2,1-4H3;3-6,13-16,24H,7-12H2,1-2H3,(H,26,27). The second kappa shape index (κ2) is 18.0. The van der Waals surface area contributed by atoms with Crippen LogP contribution in [0.2, 0.25) is 10.0 Å². The van der Waals surface area contributed by atoms with Gasteiger partial charge in [-0.2, -0.15) is 9.44 Å². The highest BCUT2D eigenvalue weighted by Gasteiger charge is 2.61. The van der Waals surface area contributed by atoms with Gasteiger partial charge in [-0.1, -0.05) is 47.5 Å². The molecule has 4 atom stereocenters. The fourth-order valence-electron chi connectivity index (χ4n) is 13.5. The monoisotopic (exact) mass is 961 g/mol. The molecule has 8 aliphatic rings. The van der Waals surface area contributed by atoms with Crippen LogP contribution in [0.5, 0.6) is 0 Å². The summed E-state index contributed by atoms with van der Waals surface area (Å²) in [6.07, 6.45) is 9.48. The van der Waals surface area contributed by atoms with Gasteiger partial charge in [-0.25, -0.2) is 16.8 Å². The second-order valence-corrected chi connectivity index (χ2v) is 25.3. The van der Waals surface area contributed by atoms with Gasteiger partial charge in [-0.3, -0.25) is 19.2 Å². The number of hydrogen-bond donors (Lipinski definition) is 3. The van der Waals surface area contributed by atoms with Crippen LogP contribution in [0, 0.1) is 58.2 Å². The second-order valence-electron chi connectivity index (χ2n) is 21.2. The summed E-state index contributed by atoms with van der Waals surface area (Å²) < 4.78 is 56.7. The Kier molecular flexibility index (Phi) is 13.8. The number of ketones is 2. The summed E-state index contributed by atoms with van der Waals surface area (Å²) in [6, 6.07) is 12.4. The first-order valence-electron chi connectivity index (χ1n) is 23.0. The van der Waals surface area contributed by atoms with E-state index in [1.54, 1.807) is 52.0 Å². The summed E-state index contributed by atoms with van der Waals surface area (Å²) in [5.74, 6) is 1.85. The van der Waals surface area contributed by atoms with E-state index in [9.17, 15) is 41.1 Å². The maximum absolute atomic E-state index is 13.4. The Morgan fingerprint density at radius 1 is 0.625 bits per heavy atom. The first-order valence-corrected chi connectivity index (χ1v) is 26.7. The molecule has 8 bridgehead atoms. The number of benzene rings is 2. The first kappa shape index (κ1) is 49.0. The first-order chi connectivity index (χ1) is 29.9. The largest absolute Gasteiger partial charge is 0.481 e. The van der Waals surface area contributed by atoms with E-state index in [-0.39, 0.29) is 66.9 Å².